The van der Waals surface area contributed by atoms with Crippen LogP contribution in [0.1, 0.15) is 38.9 Å². The maximum atomic E-state index is 13.0. The van der Waals surface area contributed by atoms with E-state index in [0.29, 0.717) is 44.8 Å². The number of likely N-dealkylation sites (tertiary alicyclic amines) is 1. The summed E-state index contributed by atoms with van der Waals surface area (Å²) in [5.41, 5.74) is 1.49. The van der Waals surface area contributed by atoms with Gasteiger partial charge in [-0.05, 0) is 51.1 Å². The van der Waals surface area contributed by atoms with E-state index < -0.39 is 10.0 Å². The van der Waals surface area contributed by atoms with Crippen molar-refractivity contribution in [1.29, 1.82) is 0 Å². The lowest BCUT2D eigenvalue weighted by atomic mass is 10.1. The molecule has 3 heterocycles. The molecule has 0 radical (unpaired) electrons. The highest BCUT2D eigenvalue weighted by Crippen LogP contribution is 2.24. The van der Waals surface area contributed by atoms with Crippen LogP contribution >= 0.6 is 0 Å². The zero-order chi connectivity index (χ0) is 23.4. The van der Waals surface area contributed by atoms with Crippen LogP contribution < -0.4 is 0 Å². The largest absolute Gasteiger partial charge is 0.461 e. The molecule has 2 aliphatic rings. The van der Waals surface area contributed by atoms with Crippen LogP contribution in [0.5, 0.6) is 0 Å². The molecule has 0 N–H and O–H groups in total. The van der Waals surface area contributed by atoms with Gasteiger partial charge in [0.15, 0.2) is 0 Å². The number of benzene rings is 1. The van der Waals surface area contributed by atoms with Gasteiger partial charge in [-0.3, -0.25) is 9.69 Å². The van der Waals surface area contributed by atoms with Gasteiger partial charge in [0, 0.05) is 32.6 Å². The quantitative estimate of drug-likeness (QED) is 0.536. The van der Waals surface area contributed by atoms with Gasteiger partial charge in [0.25, 0.3) is 0 Å². The number of sulfonamides is 1. The molecule has 1 aromatic heterocycles. The highest BCUT2D eigenvalue weighted by atomic mass is 32.2. The fourth-order valence-electron chi connectivity index (χ4n) is 4.65. The Labute approximate surface area is 195 Å². The first-order valence-electron chi connectivity index (χ1n) is 11.9. The Kier molecular flexibility index (Phi) is 7.68. The zero-order valence-electron chi connectivity index (χ0n) is 19.5. The number of carbonyl (C=O) groups is 1. The van der Waals surface area contributed by atoms with Gasteiger partial charge in [-0.2, -0.15) is 4.31 Å². The maximum Gasteiger partial charge on any atom is 0.306 e. The molecule has 4 rings (SSSR count). The molecule has 1 atom stereocenters. The number of nitrogens with zero attached hydrogens (tertiary/aromatic N) is 4. The van der Waals surface area contributed by atoms with Crippen LogP contribution in [-0.4, -0.2) is 85.2 Å². The first-order valence-corrected chi connectivity index (χ1v) is 13.3. The number of hydrogen-bond acceptors (Lipinski definition) is 7. The molecule has 0 saturated carbocycles. The summed E-state index contributed by atoms with van der Waals surface area (Å²) in [4.78, 5) is 19.7. The Bertz CT molecular complexity index is 1080. The number of ether oxygens (including phenoxy) is 2. The molecule has 0 spiro atoms. The monoisotopic (exact) mass is 478 g/mol. The Hall–Kier alpha value is -2.01. The molecule has 1 aromatic carbocycles. The summed E-state index contributed by atoms with van der Waals surface area (Å²) in [5, 5.41) is 0. The van der Waals surface area contributed by atoms with E-state index >= 15 is 0 Å². The lowest BCUT2D eigenvalue weighted by Gasteiger charge is -2.31. The van der Waals surface area contributed by atoms with Crippen LogP contribution in [0.25, 0.3) is 11.0 Å². The van der Waals surface area contributed by atoms with Gasteiger partial charge in [-0.1, -0.05) is 6.92 Å². The van der Waals surface area contributed by atoms with Gasteiger partial charge in [-0.15, -0.1) is 0 Å². The van der Waals surface area contributed by atoms with Crippen molar-refractivity contribution in [3.8, 4) is 0 Å². The molecule has 33 heavy (non-hydrogen) atoms. The Morgan fingerprint density at radius 3 is 2.70 bits per heavy atom. The van der Waals surface area contributed by atoms with Crippen molar-refractivity contribution in [2.75, 3.05) is 45.9 Å². The van der Waals surface area contributed by atoms with E-state index in [1.54, 1.807) is 12.1 Å². The Morgan fingerprint density at radius 2 is 1.97 bits per heavy atom. The van der Waals surface area contributed by atoms with E-state index in [-0.39, 0.29) is 23.4 Å². The maximum absolute atomic E-state index is 13.0. The lowest BCUT2D eigenvalue weighted by Crippen LogP contribution is -2.40. The molecule has 2 aliphatic heterocycles. The van der Waals surface area contributed by atoms with Crippen LogP contribution in [0.2, 0.25) is 0 Å². The van der Waals surface area contributed by atoms with Crippen LogP contribution in [0, 0.1) is 0 Å². The third-order valence-electron chi connectivity index (χ3n) is 6.48. The molecule has 2 aromatic rings. The van der Waals surface area contributed by atoms with E-state index in [0.717, 1.165) is 43.8 Å². The normalized spacial score (nSPS) is 20.8. The number of rotatable bonds is 8. The van der Waals surface area contributed by atoms with Gasteiger partial charge < -0.3 is 14.0 Å². The second kappa shape index (κ2) is 10.5. The predicted molar refractivity (Wildman–Crippen MR) is 125 cm³/mol. The van der Waals surface area contributed by atoms with Crippen LogP contribution in [0.3, 0.4) is 0 Å². The number of aryl methyl sites for hydroxylation is 2. The van der Waals surface area contributed by atoms with Gasteiger partial charge in [0.05, 0.1) is 35.6 Å². The molecule has 0 amide bonds. The second-order valence-corrected chi connectivity index (χ2v) is 10.5. The van der Waals surface area contributed by atoms with Crippen LogP contribution in [0.15, 0.2) is 23.1 Å². The van der Waals surface area contributed by atoms with E-state index in [4.69, 9.17) is 9.47 Å². The molecule has 182 valence electrons. The first-order chi connectivity index (χ1) is 15.9. The Balaban J connectivity index is 1.46. The van der Waals surface area contributed by atoms with Gasteiger partial charge >= 0.3 is 5.97 Å². The number of piperidine rings is 1. The third-order valence-corrected chi connectivity index (χ3v) is 8.38. The van der Waals surface area contributed by atoms with Gasteiger partial charge in [-0.25, -0.2) is 13.4 Å². The minimum Gasteiger partial charge on any atom is -0.461 e. The number of aromatic nitrogens is 2. The number of imidazole rings is 1. The van der Waals surface area contributed by atoms with Crippen LogP contribution in [-0.2, 0) is 37.3 Å². The standard InChI is InChI=1S/C23H34N4O5S/c1-3-25-11-5-6-18(17-25)32-23(28)10-9-22-24-20-16-19(7-8-21(20)27(22)4-2)33(29,30)26-12-14-31-15-13-26/h7-8,16,18H,3-6,9-15,17H2,1-2H3. The molecule has 0 bridgehead atoms. The topological polar surface area (TPSA) is 94.0 Å². The summed E-state index contributed by atoms with van der Waals surface area (Å²) >= 11 is 0. The number of morpholine rings is 1. The smallest absolute Gasteiger partial charge is 0.306 e. The molecule has 0 aliphatic carbocycles. The fourth-order valence-corrected chi connectivity index (χ4v) is 6.08. The number of fused-ring (bicyclic) bond motifs is 1. The third kappa shape index (κ3) is 5.40. The first kappa shape index (κ1) is 24.1. The fraction of sp³-hybridized carbons (Fsp3) is 0.652. The van der Waals surface area contributed by atoms with E-state index in [1.165, 1.54) is 4.31 Å². The van der Waals surface area contributed by atoms with Crippen molar-refractivity contribution in [3.63, 3.8) is 0 Å². The number of hydrogen-bond donors (Lipinski definition) is 0. The van der Waals surface area contributed by atoms with Crippen LogP contribution in [0.4, 0.5) is 0 Å². The molecule has 2 fully saturated rings. The van der Waals surface area contributed by atoms with Crippen molar-refractivity contribution < 1.29 is 22.7 Å². The number of esters is 1. The molecule has 10 heteroatoms. The average molecular weight is 479 g/mol. The predicted octanol–water partition coefficient (Wildman–Crippen LogP) is 2.04. The molecule has 2 saturated heterocycles. The average Bonchev–Trinajstić information content (AvgIpc) is 3.20. The molecular formula is C23H34N4O5S. The summed E-state index contributed by atoms with van der Waals surface area (Å²) < 4.78 is 40.5. The summed E-state index contributed by atoms with van der Waals surface area (Å²) in [7, 11) is -3.59. The summed E-state index contributed by atoms with van der Waals surface area (Å²) in [6.45, 7) is 9.18. The highest BCUT2D eigenvalue weighted by Gasteiger charge is 2.27. The minimum absolute atomic E-state index is 0.0378. The number of carbonyl (C=O) groups excluding carboxylic acids is 1. The van der Waals surface area contributed by atoms with E-state index in [1.807, 2.05) is 17.6 Å². The van der Waals surface area contributed by atoms with Gasteiger partial charge in [0.2, 0.25) is 10.0 Å². The van der Waals surface area contributed by atoms with Crippen molar-refractivity contribution in [3.05, 3.63) is 24.0 Å². The van der Waals surface area contributed by atoms with Gasteiger partial charge in [0.1, 0.15) is 11.9 Å². The van der Waals surface area contributed by atoms with Crippen molar-refractivity contribution in [2.24, 2.45) is 0 Å². The van der Waals surface area contributed by atoms with Crippen molar-refractivity contribution in [2.45, 2.75) is 57.1 Å². The SMILES string of the molecule is CCN1CCCC(OC(=O)CCc2nc3cc(S(=O)(=O)N4CCOCC4)ccc3n2CC)C1. The summed E-state index contributed by atoms with van der Waals surface area (Å²) in [5.74, 6) is 0.562. The van der Waals surface area contributed by atoms with Crippen molar-refractivity contribution >= 4 is 27.0 Å². The van der Waals surface area contributed by atoms with E-state index in [2.05, 4.69) is 16.8 Å². The highest BCUT2D eigenvalue weighted by molar-refractivity contribution is 7.89. The molecule has 1 unspecified atom stereocenters. The van der Waals surface area contributed by atoms with Crippen molar-refractivity contribution in [1.82, 2.24) is 18.8 Å². The zero-order valence-corrected chi connectivity index (χ0v) is 20.3. The minimum atomic E-state index is -3.59. The van der Waals surface area contributed by atoms with E-state index in [9.17, 15) is 13.2 Å². The number of likely N-dealkylation sites (N-methyl/N-ethyl adjacent to an activating group) is 1. The molecule has 9 nitrogen and oxygen atoms in total. The summed E-state index contributed by atoms with van der Waals surface area (Å²) in [6.07, 6.45) is 2.63. The molecular weight excluding hydrogens is 444 g/mol. The Morgan fingerprint density at radius 1 is 1.18 bits per heavy atom. The summed E-state index contributed by atoms with van der Waals surface area (Å²) in [6, 6.07) is 5.08. The lowest BCUT2D eigenvalue weighted by molar-refractivity contribution is -0.151. The second-order valence-electron chi connectivity index (χ2n) is 8.59.